The van der Waals surface area contributed by atoms with Crippen molar-refractivity contribution in [1.29, 1.82) is 0 Å². The Morgan fingerprint density at radius 3 is 1.19 bits per heavy atom. The van der Waals surface area contributed by atoms with E-state index in [-0.39, 0.29) is 38.2 Å². The van der Waals surface area contributed by atoms with Crippen LogP contribution in [0.2, 0.25) is 0 Å². The maximum absolute atomic E-state index is 2.42. The molecule has 0 spiro atoms. The van der Waals surface area contributed by atoms with E-state index in [4.69, 9.17) is 0 Å². The van der Waals surface area contributed by atoms with Gasteiger partial charge >= 0.3 is 21.2 Å². The Kier molecular flexibility index (Phi) is 8.05. The smallest absolute Gasteiger partial charge is 0.357 e. The van der Waals surface area contributed by atoms with Gasteiger partial charge in [-0.25, -0.2) is 0 Å². The second kappa shape index (κ2) is 10.3. The van der Waals surface area contributed by atoms with Gasteiger partial charge in [0, 0.05) is 0 Å². The van der Waals surface area contributed by atoms with Gasteiger partial charge in [-0.1, -0.05) is 62.8 Å². The molecule has 26 heavy (non-hydrogen) atoms. The summed E-state index contributed by atoms with van der Waals surface area (Å²) in [5.41, 5.74) is 3.17. The molecule has 0 radical (unpaired) electrons. The largest absolute Gasteiger partial charge is 1.00 e. The van der Waals surface area contributed by atoms with Crippen molar-refractivity contribution in [2.24, 2.45) is 0 Å². The van der Waals surface area contributed by atoms with Gasteiger partial charge < -0.3 is 17.0 Å². The standard InChI is InChI=1S/C24H30I.BrH/c1-3-7-19(8-4-1)21-11-15-23(16-12-21)25-24-17-13-22(14-18-24)20-9-5-2-6-10-20;/h11-20H,1-10H2;1H/q+1;/p-1. The first-order chi connectivity index (χ1) is 12.4. The third-order valence-electron chi connectivity index (χ3n) is 6.11. The second-order valence-corrected chi connectivity index (χ2v) is 10.9. The summed E-state index contributed by atoms with van der Waals surface area (Å²) < 4.78 is 3.12. The van der Waals surface area contributed by atoms with Crippen LogP contribution in [0.4, 0.5) is 0 Å². The highest BCUT2D eigenvalue weighted by Gasteiger charge is 2.20. The van der Waals surface area contributed by atoms with Crippen LogP contribution in [0.1, 0.15) is 87.2 Å². The van der Waals surface area contributed by atoms with Gasteiger partial charge in [0.1, 0.15) is 0 Å². The van der Waals surface area contributed by atoms with Crippen molar-refractivity contribution in [1.82, 2.24) is 0 Å². The van der Waals surface area contributed by atoms with Gasteiger partial charge in [-0.15, -0.1) is 0 Å². The first kappa shape index (κ1) is 20.4. The molecule has 0 bridgehead atoms. The number of benzene rings is 2. The molecular weight excluding hydrogens is 495 g/mol. The minimum Gasteiger partial charge on any atom is -1.00 e. The summed E-state index contributed by atoms with van der Waals surface area (Å²) >= 11 is -0.0341. The predicted octanol–water partition coefficient (Wildman–Crippen LogP) is 0.914. The van der Waals surface area contributed by atoms with Crippen LogP contribution < -0.4 is 38.2 Å². The number of hydrogen-bond donors (Lipinski definition) is 0. The van der Waals surface area contributed by atoms with Crippen molar-refractivity contribution in [3.05, 3.63) is 66.8 Å². The monoisotopic (exact) mass is 524 g/mol. The molecule has 2 aromatic carbocycles. The fraction of sp³-hybridized carbons (Fsp3) is 0.500. The third kappa shape index (κ3) is 5.34. The average Bonchev–Trinajstić information content (AvgIpc) is 2.71. The summed E-state index contributed by atoms with van der Waals surface area (Å²) in [5.74, 6) is 1.66. The van der Waals surface area contributed by atoms with Crippen LogP contribution in [0.15, 0.2) is 48.5 Å². The number of hydrogen-bond acceptors (Lipinski definition) is 0. The van der Waals surface area contributed by atoms with E-state index in [2.05, 4.69) is 48.5 Å². The van der Waals surface area contributed by atoms with Crippen molar-refractivity contribution in [2.75, 3.05) is 0 Å². The Morgan fingerprint density at radius 2 is 0.846 bits per heavy atom. The van der Waals surface area contributed by atoms with Crippen LogP contribution in [0.5, 0.6) is 0 Å². The van der Waals surface area contributed by atoms with E-state index >= 15 is 0 Å². The molecule has 2 saturated carbocycles. The van der Waals surface area contributed by atoms with E-state index in [0.29, 0.717) is 0 Å². The molecule has 2 fully saturated rings. The van der Waals surface area contributed by atoms with Crippen molar-refractivity contribution < 1.29 is 38.2 Å². The van der Waals surface area contributed by atoms with Gasteiger partial charge in [-0.3, -0.25) is 0 Å². The summed E-state index contributed by atoms with van der Waals surface area (Å²) in [6.07, 6.45) is 14.2. The van der Waals surface area contributed by atoms with Crippen LogP contribution in [-0.4, -0.2) is 0 Å². The van der Waals surface area contributed by atoms with Crippen molar-refractivity contribution in [2.45, 2.75) is 76.0 Å². The van der Waals surface area contributed by atoms with Gasteiger partial charge in [-0.05, 0) is 72.9 Å². The Hall–Kier alpha value is -0.350. The molecular formula is C24H30BrI. The Labute approximate surface area is 180 Å². The van der Waals surface area contributed by atoms with E-state index in [1.807, 2.05) is 0 Å². The molecule has 0 nitrogen and oxygen atoms in total. The van der Waals surface area contributed by atoms with Gasteiger partial charge in [0.2, 0.25) is 0 Å². The molecule has 0 amide bonds. The second-order valence-electron chi connectivity index (χ2n) is 7.87. The predicted molar refractivity (Wildman–Crippen MR) is 102 cm³/mol. The molecule has 0 aromatic heterocycles. The zero-order chi connectivity index (χ0) is 16.9. The van der Waals surface area contributed by atoms with Gasteiger partial charge in [0.15, 0.2) is 7.14 Å². The van der Waals surface area contributed by atoms with Crippen molar-refractivity contribution in [3.63, 3.8) is 0 Å². The molecule has 0 N–H and O–H groups in total. The minimum absolute atomic E-state index is 0. The molecule has 2 aliphatic carbocycles. The van der Waals surface area contributed by atoms with Crippen LogP contribution in [-0.2, 0) is 0 Å². The fourth-order valence-corrected chi connectivity index (χ4v) is 6.75. The summed E-state index contributed by atoms with van der Waals surface area (Å²) in [7, 11) is 0. The minimum atomic E-state index is -0.0341. The number of halogens is 2. The van der Waals surface area contributed by atoms with E-state index in [1.165, 1.54) is 64.2 Å². The zero-order valence-corrected chi connectivity index (χ0v) is 19.3. The topological polar surface area (TPSA) is 0 Å². The van der Waals surface area contributed by atoms with E-state index in [9.17, 15) is 0 Å². The van der Waals surface area contributed by atoms with Crippen LogP contribution in [0.3, 0.4) is 0 Å². The quantitative estimate of drug-likeness (QED) is 0.522. The summed E-state index contributed by atoms with van der Waals surface area (Å²) in [6.45, 7) is 0. The third-order valence-corrected chi connectivity index (χ3v) is 8.80. The molecule has 0 aliphatic heterocycles. The Morgan fingerprint density at radius 1 is 0.500 bits per heavy atom. The zero-order valence-electron chi connectivity index (χ0n) is 15.6. The maximum atomic E-state index is 2.42. The molecule has 0 heterocycles. The van der Waals surface area contributed by atoms with Crippen molar-refractivity contribution in [3.8, 4) is 0 Å². The Balaban J connectivity index is 0.00000196. The summed E-state index contributed by atoms with van der Waals surface area (Å²) in [6, 6.07) is 19.3. The lowest BCUT2D eigenvalue weighted by atomic mass is 9.84. The number of rotatable bonds is 4. The molecule has 0 atom stereocenters. The molecule has 2 aromatic rings. The van der Waals surface area contributed by atoms with E-state index in [0.717, 1.165) is 11.8 Å². The van der Waals surface area contributed by atoms with Crippen LogP contribution in [0, 0.1) is 7.14 Å². The molecule has 0 saturated heterocycles. The lowest BCUT2D eigenvalue weighted by Gasteiger charge is -2.21. The summed E-state index contributed by atoms with van der Waals surface area (Å²) in [5, 5.41) is 0. The normalized spacial score (nSPS) is 19.1. The van der Waals surface area contributed by atoms with Crippen LogP contribution >= 0.6 is 0 Å². The van der Waals surface area contributed by atoms with E-state index < -0.39 is 0 Å². The lowest BCUT2D eigenvalue weighted by Crippen LogP contribution is -3.61. The first-order valence-electron chi connectivity index (χ1n) is 10.2. The van der Waals surface area contributed by atoms with Crippen LogP contribution in [0.25, 0.3) is 0 Å². The highest BCUT2D eigenvalue weighted by atomic mass is 127. The maximum Gasteiger partial charge on any atom is 0.357 e. The highest BCUT2D eigenvalue weighted by Crippen LogP contribution is 2.33. The van der Waals surface area contributed by atoms with Gasteiger partial charge in [0.25, 0.3) is 0 Å². The van der Waals surface area contributed by atoms with Crippen molar-refractivity contribution >= 4 is 0 Å². The highest BCUT2D eigenvalue weighted by molar-refractivity contribution is 5.21. The molecule has 2 heteroatoms. The van der Waals surface area contributed by atoms with Gasteiger partial charge in [-0.2, -0.15) is 0 Å². The first-order valence-corrected chi connectivity index (χ1v) is 12.4. The molecule has 140 valence electrons. The SMILES string of the molecule is [Br-].c1cc(C2CCCCC2)ccc1[I+]c1ccc(C2CCCCC2)cc1. The Bertz CT molecular complexity index is 590. The lowest BCUT2D eigenvalue weighted by molar-refractivity contribution is -0.597. The molecule has 2 aliphatic rings. The van der Waals surface area contributed by atoms with E-state index in [1.54, 1.807) is 18.3 Å². The molecule has 4 rings (SSSR count). The average molecular weight is 525 g/mol. The molecule has 0 unspecified atom stereocenters. The van der Waals surface area contributed by atoms with Gasteiger partial charge in [0.05, 0.1) is 0 Å². The summed E-state index contributed by atoms with van der Waals surface area (Å²) in [4.78, 5) is 0. The fourth-order valence-electron chi connectivity index (χ4n) is 4.59.